The Kier molecular flexibility index (Phi) is 3.48. The number of carboxylic acid groups (broad SMARTS) is 1. The number of rotatable bonds is 2. The van der Waals surface area contributed by atoms with Gasteiger partial charge in [-0.1, -0.05) is 0 Å². The van der Waals surface area contributed by atoms with Gasteiger partial charge in [0, 0.05) is 11.9 Å². The van der Waals surface area contributed by atoms with Crippen LogP contribution in [0.25, 0.3) is 0 Å². The average molecular weight is 263 g/mol. The summed E-state index contributed by atoms with van der Waals surface area (Å²) in [7, 11) is 0. The van der Waals surface area contributed by atoms with E-state index in [0.717, 1.165) is 0 Å². The Morgan fingerprint density at radius 2 is 2.33 bits per heavy atom. The SMILES string of the molecule is N#Cc1ccc(C(=O)N2CSC[C@H]2C(=O)O)nc1. The number of nitriles is 1. The minimum absolute atomic E-state index is 0.155. The van der Waals surface area contributed by atoms with E-state index in [1.807, 2.05) is 6.07 Å². The third-order valence-corrected chi connectivity index (χ3v) is 3.55. The lowest BCUT2D eigenvalue weighted by molar-refractivity contribution is -0.140. The molecule has 1 fully saturated rings. The van der Waals surface area contributed by atoms with Crippen molar-refractivity contribution >= 4 is 23.6 Å². The van der Waals surface area contributed by atoms with E-state index in [2.05, 4.69) is 4.98 Å². The van der Waals surface area contributed by atoms with Crippen molar-refractivity contribution in [3.8, 4) is 6.07 Å². The van der Waals surface area contributed by atoms with Gasteiger partial charge in [0.15, 0.2) is 0 Å². The van der Waals surface area contributed by atoms with Gasteiger partial charge in [-0.15, -0.1) is 11.8 Å². The number of amides is 1. The molecule has 0 radical (unpaired) electrons. The highest BCUT2D eigenvalue weighted by Crippen LogP contribution is 2.22. The fourth-order valence-corrected chi connectivity index (χ4v) is 2.73. The van der Waals surface area contributed by atoms with E-state index in [4.69, 9.17) is 10.4 Å². The summed E-state index contributed by atoms with van der Waals surface area (Å²) in [6, 6.07) is 4.02. The third kappa shape index (κ3) is 2.28. The first-order chi connectivity index (χ1) is 8.63. The predicted molar refractivity (Wildman–Crippen MR) is 63.9 cm³/mol. The van der Waals surface area contributed by atoms with Crippen LogP contribution in [0, 0.1) is 11.3 Å². The van der Waals surface area contributed by atoms with Crippen LogP contribution >= 0.6 is 11.8 Å². The van der Waals surface area contributed by atoms with E-state index in [9.17, 15) is 9.59 Å². The summed E-state index contributed by atoms with van der Waals surface area (Å²) in [6.07, 6.45) is 1.30. The summed E-state index contributed by atoms with van der Waals surface area (Å²) < 4.78 is 0. The first kappa shape index (κ1) is 12.4. The number of hydrogen-bond donors (Lipinski definition) is 1. The first-order valence-corrected chi connectivity index (χ1v) is 6.26. The summed E-state index contributed by atoms with van der Waals surface area (Å²) in [6.45, 7) is 0. The molecule has 6 nitrogen and oxygen atoms in total. The minimum atomic E-state index is -1.01. The van der Waals surface area contributed by atoms with Crippen molar-refractivity contribution in [3.63, 3.8) is 0 Å². The van der Waals surface area contributed by atoms with Gasteiger partial charge >= 0.3 is 5.97 Å². The van der Waals surface area contributed by atoms with Gasteiger partial charge in [-0.2, -0.15) is 5.26 Å². The molecule has 2 rings (SSSR count). The molecule has 1 amide bonds. The normalized spacial score (nSPS) is 18.4. The van der Waals surface area contributed by atoms with E-state index < -0.39 is 17.9 Å². The number of thioether (sulfide) groups is 1. The van der Waals surface area contributed by atoms with E-state index in [0.29, 0.717) is 17.2 Å². The van der Waals surface area contributed by atoms with E-state index in [1.165, 1.54) is 35.0 Å². The smallest absolute Gasteiger partial charge is 0.327 e. The fraction of sp³-hybridized carbons (Fsp3) is 0.273. The molecule has 1 aromatic heterocycles. The Morgan fingerprint density at radius 1 is 1.56 bits per heavy atom. The van der Waals surface area contributed by atoms with Gasteiger partial charge in [0.25, 0.3) is 5.91 Å². The maximum atomic E-state index is 12.1. The molecule has 7 heteroatoms. The molecule has 92 valence electrons. The molecule has 0 bridgehead atoms. The van der Waals surface area contributed by atoms with Crippen molar-refractivity contribution in [1.82, 2.24) is 9.88 Å². The lowest BCUT2D eigenvalue weighted by Crippen LogP contribution is -2.42. The molecule has 0 unspecified atom stereocenters. The predicted octanol–water partition coefficient (Wildman–Crippen LogP) is 0.553. The van der Waals surface area contributed by atoms with Crippen LogP contribution < -0.4 is 0 Å². The number of carbonyl (C=O) groups is 2. The Morgan fingerprint density at radius 3 is 2.89 bits per heavy atom. The van der Waals surface area contributed by atoms with Gasteiger partial charge in [-0.05, 0) is 12.1 Å². The van der Waals surface area contributed by atoms with Crippen molar-refractivity contribution < 1.29 is 14.7 Å². The number of carbonyl (C=O) groups excluding carboxylic acids is 1. The average Bonchev–Trinajstić information content (AvgIpc) is 2.87. The topological polar surface area (TPSA) is 94.3 Å². The number of aromatic nitrogens is 1. The fourth-order valence-electron chi connectivity index (χ4n) is 1.58. The van der Waals surface area contributed by atoms with E-state index in [1.54, 1.807) is 0 Å². The zero-order valence-corrected chi connectivity index (χ0v) is 10.1. The van der Waals surface area contributed by atoms with Crippen LogP contribution in [0.3, 0.4) is 0 Å². The second kappa shape index (κ2) is 5.06. The molecular formula is C11H9N3O3S. The van der Waals surface area contributed by atoms with Crippen LogP contribution in [-0.2, 0) is 4.79 Å². The number of carboxylic acids is 1. The lowest BCUT2D eigenvalue weighted by Gasteiger charge is -2.19. The molecule has 2 heterocycles. The molecule has 1 atom stereocenters. The van der Waals surface area contributed by atoms with Crippen molar-refractivity contribution in [1.29, 1.82) is 5.26 Å². The summed E-state index contributed by atoms with van der Waals surface area (Å²) in [5, 5.41) is 17.6. The molecule has 1 aliphatic rings. The number of hydrogen-bond acceptors (Lipinski definition) is 5. The highest BCUT2D eigenvalue weighted by molar-refractivity contribution is 7.99. The highest BCUT2D eigenvalue weighted by Gasteiger charge is 2.35. The molecule has 1 N–H and O–H groups in total. The number of nitrogens with zero attached hydrogens (tertiary/aromatic N) is 3. The second-order valence-electron chi connectivity index (χ2n) is 3.67. The molecule has 1 aromatic rings. The van der Waals surface area contributed by atoms with Crippen LogP contribution in [0.4, 0.5) is 0 Å². The first-order valence-electron chi connectivity index (χ1n) is 5.11. The van der Waals surface area contributed by atoms with Crippen LogP contribution in [-0.4, -0.2) is 44.5 Å². The van der Waals surface area contributed by atoms with Crippen molar-refractivity contribution in [2.45, 2.75) is 6.04 Å². The largest absolute Gasteiger partial charge is 0.480 e. The molecular weight excluding hydrogens is 254 g/mol. The van der Waals surface area contributed by atoms with Crippen LogP contribution in [0.1, 0.15) is 16.1 Å². The molecule has 0 aromatic carbocycles. The summed E-state index contributed by atoms with van der Waals surface area (Å²) in [5.41, 5.74) is 0.514. The zero-order chi connectivity index (χ0) is 13.1. The third-order valence-electron chi connectivity index (χ3n) is 2.54. The Bertz CT molecular complexity index is 523. The van der Waals surface area contributed by atoms with Crippen LogP contribution in [0.15, 0.2) is 18.3 Å². The van der Waals surface area contributed by atoms with E-state index >= 15 is 0 Å². The zero-order valence-electron chi connectivity index (χ0n) is 9.24. The van der Waals surface area contributed by atoms with Gasteiger partial charge < -0.3 is 10.0 Å². The molecule has 1 aliphatic heterocycles. The van der Waals surface area contributed by atoms with Gasteiger partial charge in [-0.25, -0.2) is 9.78 Å². The second-order valence-corrected chi connectivity index (χ2v) is 4.67. The minimum Gasteiger partial charge on any atom is -0.480 e. The Labute approximate surface area is 107 Å². The quantitative estimate of drug-likeness (QED) is 0.837. The van der Waals surface area contributed by atoms with Crippen LogP contribution in [0.2, 0.25) is 0 Å². The van der Waals surface area contributed by atoms with Gasteiger partial charge in [0.05, 0.1) is 11.4 Å². The molecule has 1 saturated heterocycles. The number of aliphatic carboxylic acids is 1. The summed E-state index contributed by atoms with van der Waals surface area (Å²) >= 11 is 1.39. The van der Waals surface area contributed by atoms with Crippen LogP contribution in [0.5, 0.6) is 0 Å². The highest BCUT2D eigenvalue weighted by atomic mass is 32.2. The van der Waals surface area contributed by atoms with Gasteiger partial charge in [0.2, 0.25) is 0 Å². The summed E-state index contributed by atoms with van der Waals surface area (Å²) in [4.78, 5) is 28.2. The standard InChI is InChI=1S/C11H9N3O3S/c12-3-7-1-2-8(13-4-7)10(15)14-6-18-5-9(14)11(16)17/h1-2,4,9H,5-6H2,(H,16,17)/t9-/m0/s1. The summed E-state index contributed by atoms with van der Waals surface area (Å²) in [5.74, 6) is -0.701. The number of pyridine rings is 1. The molecule has 0 aliphatic carbocycles. The van der Waals surface area contributed by atoms with Crippen molar-refractivity contribution in [2.24, 2.45) is 0 Å². The lowest BCUT2D eigenvalue weighted by atomic mass is 10.2. The molecule has 18 heavy (non-hydrogen) atoms. The molecule has 0 spiro atoms. The maximum Gasteiger partial charge on any atom is 0.327 e. The van der Waals surface area contributed by atoms with Gasteiger partial charge in [0.1, 0.15) is 17.8 Å². The maximum absolute atomic E-state index is 12.1. The van der Waals surface area contributed by atoms with Crippen molar-refractivity contribution in [2.75, 3.05) is 11.6 Å². The van der Waals surface area contributed by atoms with E-state index in [-0.39, 0.29) is 5.69 Å². The monoisotopic (exact) mass is 263 g/mol. The van der Waals surface area contributed by atoms with Gasteiger partial charge in [-0.3, -0.25) is 4.79 Å². The molecule has 0 saturated carbocycles. The Balaban J connectivity index is 2.20. The van der Waals surface area contributed by atoms with Crippen molar-refractivity contribution in [3.05, 3.63) is 29.6 Å². The Hall–Kier alpha value is -2.07.